The molecule has 2 aromatic rings. The van der Waals surface area contributed by atoms with Gasteiger partial charge in [-0.3, -0.25) is 0 Å². The minimum atomic E-state index is 0. The molecule has 0 saturated carbocycles. The van der Waals surface area contributed by atoms with Crippen molar-refractivity contribution in [2.75, 3.05) is 0 Å². The Morgan fingerprint density at radius 2 is 0.436 bits per heavy atom. The smallest absolute Gasteiger partial charge is 0.493 e. The van der Waals surface area contributed by atoms with Crippen LogP contribution in [0.3, 0.4) is 0 Å². The summed E-state index contributed by atoms with van der Waals surface area (Å²) in [6.07, 6.45) is 92.6. The summed E-state index contributed by atoms with van der Waals surface area (Å²) in [6, 6.07) is 14.7. The van der Waals surface area contributed by atoms with Gasteiger partial charge in [-0.2, -0.15) is 12.8 Å². The molecule has 0 atom stereocenters. The SMILES string of the molecule is CCCCCCCCCCCCCCCCCCCCCCCCCCCc1cc(CCCCCCCCCCCCCCCCCCCCCCCCCCC)cc(C2=C(CCCCC)C=C(c3cc(CCCC)cc(CCCC)c3)[N+]2=[N-])c1.[CH2-]CCC.[CH2-]CCC.[Ni+2]. The first-order chi connectivity index (χ1) is 45.9. The molecule has 1 aliphatic heterocycles. The third-order valence-electron chi connectivity index (χ3n) is 20.3. The molecule has 0 bridgehead atoms. The fourth-order valence-corrected chi connectivity index (χ4v) is 13.9. The van der Waals surface area contributed by atoms with Crippen molar-refractivity contribution in [2.45, 2.75) is 472 Å². The van der Waals surface area contributed by atoms with E-state index in [-0.39, 0.29) is 16.5 Å². The molecule has 3 rings (SSSR count). The first-order valence-corrected chi connectivity index (χ1v) is 42.7. The summed E-state index contributed by atoms with van der Waals surface area (Å²) >= 11 is 0. The zero-order valence-electron chi connectivity index (χ0n) is 64.8. The van der Waals surface area contributed by atoms with Crippen LogP contribution >= 0.6 is 0 Å². The predicted octanol–water partition coefficient (Wildman–Crippen LogP) is 32.6. The van der Waals surface area contributed by atoms with Gasteiger partial charge in [0, 0.05) is 22.8 Å². The maximum Gasteiger partial charge on any atom is 2.00 e. The Morgan fingerprint density at radius 1 is 0.245 bits per heavy atom. The van der Waals surface area contributed by atoms with Gasteiger partial charge in [-0.15, -0.1) is 0 Å². The molecule has 1 heterocycles. The van der Waals surface area contributed by atoms with Gasteiger partial charge in [0.15, 0.2) is 0 Å². The van der Waals surface area contributed by atoms with Crippen molar-refractivity contribution >= 4 is 11.4 Å². The van der Waals surface area contributed by atoms with Crippen LogP contribution in [0.5, 0.6) is 0 Å². The van der Waals surface area contributed by atoms with E-state index in [1.807, 2.05) is 0 Å². The summed E-state index contributed by atoms with van der Waals surface area (Å²) < 4.78 is 1.62. The van der Waals surface area contributed by atoms with Crippen molar-refractivity contribution in [3.63, 3.8) is 0 Å². The number of nitrogens with zero attached hydrogens (tertiary/aromatic N) is 2. The molecule has 1 aliphatic rings. The number of unbranched alkanes of at least 4 members (excludes halogenated alkanes) is 54. The van der Waals surface area contributed by atoms with Crippen LogP contribution in [0.25, 0.3) is 16.9 Å². The fourth-order valence-electron chi connectivity index (χ4n) is 13.9. The van der Waals surface area contributed by atoms with E-state index in [2.05, 4.69) is 105 Å². The summed E-state index contributed by atoms with van der Waals surface area (Å²) in [5.74, 6) is 0. The second-order valence-electron chi connectivity index (χ2n) is 29.6. The van der Waals surface area contributed by atoms with Gasteiger partial charge in [0.05, 0.1) is 0 Å². The predicted molar refractivity (Wildman–Crippen MR) is 423 cm³/mol. The van der Waals surface area contributed by atoms with Gasteiger partial charge in [0.1, 0.15) is 0 Å². The van der Waals surface area contributed by atoms with Gasteiger partial charge in [-0.05, 0) is 111 Å². The Bertz CT molecular complexity index is 1870. The monoisotopic (exact) mass is 1340 g/mol. The molecule has 2 aromatic carbocycles. The van der Waals surface area contributed by atoms with Crippen molar-refractivity contribution < 1.29 is 21.2 Å². The summed E-state index contributed by atoms with van der Waals surface area (Å²) in [5.41, 5.74) is 24.0. The molecule has 0 aliphatic carbocycles. The minimum Gasteiger partial charge on any atom is -0.493 e. The standard InChI is InChI=1S/C83H146N2.2C4H9.Ni/c1-6-11-16-18-20-22-24-26-28-30-32-34-36-38-40-42-44-46-48-50-52-54-56-58-61-65-77-69-78(66-62-59-57-55-53-51-49-47-45-43-41-39-37-35-33-31-29-27-25-23-21-19-17-12-7-2)73-81(72-77)83-79(67-60-13-8-3)74-82(85(83)84)80-70-75(63-14-9-4)68-76(71-80)64-15-10-5;2*1-3-4-2;/h68-74H,6-67H2,1-5H3;2*1,3-4H2,2H3;/q;2*-1;+2. The van der Waals surface area contributed by atoms with E-state index in [0.29, 0.717) is 0 Å². The van der Waals surface area contributed by atoms with Crippen LogP contribution < -0.4 is 0 Å². The molecule has 0 fully saturated rings. The zero-order valence-corrected chi connectivity index (χ0v) is 65.8. The maximum atomic E-state index is 12.5. The van der Waals surface area contributed by atoms with Gasteiger partial charge in [0.25, 0.3) is 0 Å². The van der Waals surface area contributed by atoms with Gasteiger partial charge < -0.3 is 19.4 Å². The van der Waals surface area contributed by atoms with Crippen molar-refractivity contribution in [1.29, 1.82) is 0 Å². The van der Waals surface area contributed by atoms with Crippen molar-refractivity contribution in [3.05, 3.63) is 101 Å². The van der Waals surface area contributed by atoms with E-state index in [0.717, 1.165) is 62.8 Å². The first-order valence-electron chi connectivity index (χ1n) is 42.7. The molecule has 0 unspecified atom stereocenters. The third-order valence-corrected chi connectivity index (χ3v) is 20.3. The third kappa shape index (κ3) is 53.9. The molecule has 0 spiro atoms. The van der Waals surface area contributed by atoms with E-state index >= 15 is 0 Å². The zero-order chi connectivity index (χ0) is 67.4. The summed E-state index contributed by atoms with van der Waals surface area (Å²) in [7, 11) is 0. The Hall–Kier alpha value is -1.99. The van der Waals surface area contributed by atoms with Gasteiger partial charge in [0.2, 0.25) is 11.4 Å². The fraction of sp³-hybridized carbons (Fsp3) is 0.802. The number of hydrogen-bond donors (Lipinski definition) is 0. The van der Waals surface area contributed by atoms with Crippen LogP contribution in [0, 0.1) is 13.8 Å². The molecule has 0 radical (unpaired) electrons. The maximum absolute atomic E-state index is 12.5. The molecular formula is C91H164N2Ni. The van der Waals surface area contributed by atoms with Gasteiger partial charge >= 0.3 is 16.5 Å². The molecular weight excluding hydrogens is 1180 g/mol. The Kier molecular flexibility index (Phi) is 70.7. The largest absolute Gasteiger partial charge is 2.00 e. The Balaban J connectivity index is 0.00000905. The van der Waals surface area contributed by atoms with Crippen LogP contribution in [-0.4, -0.2) is 4.70 Å². The van der Waals surface area contributed by atoms with Crippen LogP contribution in [0.2, 0.25) is 0 Å². The van der Waals surface area contributed by atoms with Crippen LogP contribution in [0.15, 0.2) is 48.0 Å². The molecule has 0 saturated heterocycles. The van der Waals surface area contributed by atoms with E-state index in [4.69, 9.17) is 0 Å². The van der Waals surface area contributed by atoms with E-state index in [1.165, 1.54) is 411 Å². The summed E-state index contributed by atoms with van der Waals surface area (Å²) in [5, 5.41) is 0. The Labute approximate surface area is 601 Å². The average molecular weight is 1350 g/mol. The summed E-state index contributed by atoms with van der Waals surface area (Å²) in [6.45, 7) is 23.0. The topological polar surface area (TPSA) is 25.3 Å². The average Bonchev–Trinajstić information content (AvgIpc) is 1.61. The number of allylic oxidation sites excluding steroid dienone is 2. The number of aryl methyl sites for hydroxylation is 4. The van der Waals surface area contributed by atoms with E-state index in [9.17, 15) is 5.53 Å². The van der Waals surface area contributed by atoms with E-state index in [1.54, 1.807) is 4.70 Å². The Morgan fingerprint density at radius 3 is 0.670 bits per heavy atom. The number of rotatable bonds is 66. The first kappa shape index (κ1) is 92.0. The van der Waals surface area contributed by atoms with Gasteiger partial charge in [-0.25, -0.2) is 4.70 Å². The van der Waals surface area contributed by atoms with E-state index < -0.39 is 0 Å². The van der Waals surface area contributed by atoms with Gasteiger partial charge in [-0.1, -0.05) is 407 Å². The molecule has 0 amide bonds. The minimum absolute atomic E-state index is 0. The second-order valence-corrected chi connectivity index (χ2v) is 29.6. The number of hydrogen-bond acceptors (Lipinski definition) is 0. The van der Waals surface area contributed by atoms with Crippen LogP contribution in [-0.2, 0) is 42.2 Å². The molecule has 3 heteroatoms. The molecule has 2 nitrogen and oxygen atoms in total. The van der Waals surface area contributed by atoms with Crippen molar-refractivity contribution in [1.82, 2.24) is 0 Å². The molecule has 94 heavy (non-hydrogen) atoms. The van der Waals surface area contributed by atoms with Crippen LogP contribution in [0.4, 0.5) is 0 Å². The number of benzene rings is 2. The molecule has 0 aromatic heterocycles. The molecule has 0 N–H and O–H groups in total. The quantitative estimate of drug-likeness (QED) is 0.0273. The van der Waals surface area contributed by atoms with Crippen molar-refractivity contribution in [2.24, 2.45) is 0 Å². The second kappa shape index (κ2) is 72.3. The van der Waals surface area contributed by atoms with Crippen LogP contribution in [0.1, 0.15) is 480 Å². The summed E-state index contributed by atoms with van der Waals surface area (Å²) in [4.78, 5) is 0. The molecule has 548 valence electrons. The normalized spacial score (nSPS) is 12.1. The van der Waals surface area contributed by atoms with Crippen molar-refractivity contribution in [3.8, 4) is 0 Å².